The molecule has 0 fully saturated rings. The van der Waals surface area contributed by atoms with Gasteiger partial charge in [0.15, 0.2) is 0 Å². The van der Waals surface area contributed by atoms with E-state index in [1.807, 2.05) is 32.9 Å². The van der Waals surface area contributed by atoms with Crippen LogP contribution in [0.15, 0.2) is 36.9 Å². The molecule has 0 radical (unpaired) electrons. The summed E-state index contributed by atoms with van der Waals surface area (Å²) in [5.74, 6) is -0.308. The van der Waals surface area contributed by atoms with Crippen LogP contribution in [0.1, 0.15) is 36.2 Å². The lowest BCUT2D eigenvalue weighted by atomic mass is 10.0. The zero-order valence-electron chi connectivity index (χ0n) is 13.5. The Morgan fingerprint density at radius 2 is 1.83 bits per heavy atom. The fourth-order valence-electron chi connectivity index (χ4n) is 2.23. The molecule has 0 spiro atoms. The Morgan fingerprint density at radius 1 is 1.17 bits per heavy atom. The number of rotatable bonds is 6. The molecule has 0 saturated carbocycles. The largest absolute Gasteiger partial charge is 0.340 e. The quantitative estimate of drug-likeness (QED) is 0.845. The molecule has 0 saturated heterocycles. The Bertz CT molecular complexity index is 667. The summed E-state index contributed by atoms with van der Waals surface area (Å²) < 4.78 is 1.36. The van der Waals surface area contributed by atoms with E-state index in [0.717, 1.165) is 5.56 Å². The van der Waals surface area contributed by atoms with Crippen LogP contribution >= 0.6 is 0 Å². The van der Waals surface area contributed by atoms with Crippen molar-refractivity contribution in [3.63, 3.8) is 0 Å². The minimum atomic E-state index is -0.635. The lowest BCUT2D eigenvalue weighted by molar-refractivity contribution is -0.119. The first-order valence-corrected chi connectivity index (χ1v) is 7.49. The molecule has 2 N–H and O–H groups in total. The monoisotopic (exact) mass is 315 g/mol. The van der Waals surface area contributed by atoms with Crippen LogP contribution in [0.25, 0.3) is 0 Å². The smallest absolute Gasteiger partial charge is 0.261 e. The van der Waals surface area contributed by atoms with Gasteiger partial charge in [-0.15, -0.1) is 10.2 Å². The number of hydrogen-bond acceptors (Lipinski definition) is 4. The van der Waals surface area contributed by atoms with Gasteiger partial charge in [-0.25, -0.2) is 4.68 Å². The maximum absolute atomic E-state index is 12.4. The molecule has 0 unspecified atom stereocenters. The molecular formula is C16H21N5O2. The summed E-state index contributed by atoms with van der Waals surface area (Å²) in [6.07, 6.45) is 3.30. The van der Waals surface area contributed by atoms with Gasteiger partial charge in [-0.1, -0.05) is 32.0 Å². The van der Waals surface area contributed by atoms with Crippen molar-refractivity contribution in [1.82, 2.24) is 20.2 Å². The van der Waals surface area contributed by atoms with Gasteiger partial charge in [0.05, 0.1) is 0 Å². The second-order valence-electron chi connectivity index (χ2n) is 5.82. The molecule has 7 heteroatoms. The third kappa shape index (κ3) is 4.64. The van der Waals surface area contributed by atoms with Crippen LogP contribution < -0.4 is 10.7 Å². The van der Waals surface area contributed by atoms with Crippen molar-refractivity contribution in [2.45, 2.75) is 33.2 Å². The molecule has 7 nitrogen and oxygen atoms in total. The van der Waals surface area contributed by atoms with Gasteiger partial charge in [0, 0.05) is 5.56 Å². The van der Waals surface area contributed by atoms with Crippen LogP contribution in [-0.2, 0) is 4.79 Å². The number of aromatic nitrogens is 3. The Labute approximate surface area is 135 Å². The van der Waals surface area contributed by atoms with E-state index in [1.54, 1.807) is 12.1 Å². The Hall–Kier alpha value is -2.70. The summed E-state index contributed by atoms with van der Waals surface area (Å²) >= 11 is 0. The van der Waals surface area contributed by atoms with Crippen molar-refractivity contribution < 1.29 is 9.59 Å². The lowest BCUT2D eigenvalue weighted by Crippen LogP contribution is -2.46. The van der Waals surface area contributed by atoms with E-state index < -0.39 is 6.04 Å². The molecular weight excluding hydrogens is 294 g/mol. The molecule has 0 aliphatic carbocycles. The second kappa shape index (κ2) is 7.53. The van der Waals surface area contributed by atoms with Crippen molar-refractivity contribution in [1.29, 1.82) is 0 Å². The predicted molar refractivity (Wildman–Crippen MR) is 86.3 cm³/mol. The lowest BCUT2D eigenvalue weighted by Gasteiger charge is -2.20. The van der Waals surface area contributed by atoms with Crippen LogP contribution in [0.3, 0.4) is 0 Å². The average molecular weight is 315 g/mol. The zero-order chi connectivity index (χ0) is 16.8. The van der Waals surface area contributed by atoms with Crippen LogP contribution in [0.5, 0.6) is 0 Å². The molecule has 1 aromatic heterocycles. The van der Waals surface area contributed by atoms with Crippen molar-refractivity contribution in [2.75, 3.05) is 5.43 Å². The molecule has 2 rings (SSSR count). The highest BCUT2D eigenvalue weighted by Crippen LogP contribution is 2.10. The van der Waals surface area contributed by atoms with Gasteiger partial charge in [0.1, 0.15) is 18.7 Å². The SMILES string of the molecule is Cc1ccccc1C(=O)N[C@@H](CC(C)C)C(=O)Nn1cnnc1. The summed E-state index contributed by atoms with van der Waals surface area (Å²) in [4.78, 5) is 24.8. The number of aryl methyl sites for hydroxylation is 1. The number of nitrogens with one attached hydrogen (secondary N) is 2. The minimum Gasteiger partial charge on any atom is -0.340 e. The summed E-state index contributed by atoms with van der Waals surface area (Å²) in [6, 6.07) is 6.65. The number of carbonyl (C=O) groups excluding carboxylic acids is 2. The van der Waals surface area contributed by atoms with Crippen LogP contribution in [0.2, 0.25) is 0 Å². The molecule has 23 heavy (non-hydrogen) atoms. The summed E-state index contributed by atoms with van der Waals surface area (Å²) in [5, 5.41) is 10.1. The van der Waals surface area contributed by atoms with Crippen molar-refractivity contribution in [2.24, 2.45) is 5.92 Å². The maximum Gasteiger partial charge on any atom is 0.261 e. The Kier molecular flexibility index (Phi) is 5.46. The molecule has 2 aromatic rings. The third-order valence-corrected chi connectivity index (χ3v) is 3.38. The summed E-state index contributed by atoms with van der Waals surface area (Å²) in [5.41, 5.74) is 4.07. The molecule has 0 bridgehead atoms. The van der Waals surface area contributed by atoms with E-state index in [-0.39, 0.29) is 17.7 Å². The van der Waals surface area contributed by atoms with E-state index in [2.05, 4.69) is 20.9 Å². The molecule has 1 atom stereocenters. The van der Waals surface area contributed by atoms with Gasteiger partial charge in [-0.2, -0.15) is 0 Å². The molecule has 0 aliphatic rings. The predicted octanol–water partition coefficient (Wildman–Crippen LogP) is 1.50. The first-order valence-electron chi connectivity index (χ1n) is 7.49. The van der Waals surface area contributed by atoms with Crippen molar-refractivity contribution >= 4 is 11.8 Å². The van der Waals surface area contributed by atoms with E-state index in [0.29, 0.717) is 12.0 Å². The topological polar surface area (TPSA) is 88.9 Å². The fourth-order valence-corrected chi connectivity index (χ4v) is 2.23. The van der Waals surface area contributed by atoms with Gasteiger partial charge in [-0.05, 0) is 30.9 Å². The average Bonchev–Trinajstić information content (AvgIpc) is 2.99. The first-order chi connectivity index (χ1) is 11.0. The van der Waals surface area contributed by atoms with Gasteiger partial charge in [0.25, 0.3) is 11.8 Å². The van der Waals surface area contributed by atoms with Crippen LogP contribution in [0.4, 0.5) is 0 Å². The standard InChI is InChI=1S/C16H21N5O2/c1-11(2)8-14(16(23)20-21-9-17-18-10-21)19-15(22)13-7-5-4-6-12(13)3/h4-7,9-11,14H,8H2,1-3H3,(H,19,22)(H,20,23)/t14-/m0/s1. The maximum atomic E-state index is 12.4. The number of carbonyl (C=O) groups is 2. The highest BCUT2D eigenvalue weighted by atomic mass is 16.2. The van der Waals surface area contributed by atoms with E-state index >= 15 is 0 Å². The van der Waals surface area contributed by atoms with Crippen LogP contribution in [0, 0.1) is 12.8 Å². The van der Waals surface area contributed by atoms with Gasteiger partial charge in [-0.3, -0.25) is 15.0 Å². The molecule has 122 valence electrons. The molecule has 2 amide bonds. The Morgan fingerprint density at radius 3 is 2.43 bits per heavy atom. The first kappa shape index (κ1) is 16.7. The molecule has 1 heterocycles. The number of amides is 2. The van der Waals surface area contributed by atoms with E-state index in [4.69, 9.17) is 0 Å². The van der Waals surface area contributed by atoms with Gasteiger partial charge in [0.2, 0.25) is 0 Å². The summed E-state index contributed by atoms with van der Waals surface area (Å²) in [7, 11) is 0. The third-order valence-electron chi connectivity index (χ3n) is 3.38. The molecule has 0 aliphatic heterocycles. The second-order valence-corrected chi connectivity index (χ2v) is 5.82. The van der Waals surface area contributed by atoms with Crippen molar-refractivity contribution in [3.8, 4) is 0 Å². The highest BCUT2D eigenvalue weighted by Gasteiger charge is 2.23. The minimum absolute atomic E-state index is 0.254. The molecule has 1 aromatic carbocycles. The van der Waals surface area contributed by atoms with E-state index in [1.165, 1.54) is 17.3 Å². The van der Waals surface area contributed by atoms with Crippen molar-refractivity contribution in [3.05, 3.63) is 48.0 Å². The fraction of sp³-hybridized carbons (Fsp3) is 0.375. The van der Waals surface area contributed by atoms with Gasteiger partial charge < -0.3 is 5.32 Å². The highest BCUT2D eigenvalue weighted by molar-refractivity contribution is 5.99. The number of nitrogens with zero attached hydrogens (tertiary/aromatic N) is 3. The summed E-state index contributed by atoms with van der Waals surface area (Å²) in [6.45, 7) is 5.86. The normalized spacial score (nSPS) is 12.0. The van der Waals surface area contributed by atoms with Gasteiger partial charge >= 0.3 is 0 Å². The van der Waals surface area contributed by atoms with E-state index in [9.17, 15) is 9.59 Å². The number of benzene rings is 1. The van der Waals surface area contributed by atoms with Crippen LogP contribution in [-0.4, -0.2) is 32.7 Å². The Balaban J connectivity index is 2.10. The number of hydrogen-bond donors (Lipinski definition) is 2. The zero-order valence-corrected chi connectivity index (χ0v) is 13.5.